The van der Waals surface area contributed by atoms with Gasteiger partial charge in [0.1, 0.15) is 10.7 Å². The first-order valence-electron chi connectivity index (χ1n) is 6.55. The van der Waals surface area contributed by atoms with Crippen LogP contribution >= 0.6 is 22.7 Å². The number of aliphatic hydroxyl groups is 1. The molecule has 0 spiro atoms. The Morgan fingerprint density at radius 1 is 1.50 bits per heavy atom. The van der Waals surface area contributed by atoms with Crippen molar-refractivity contribution >= 4 is 28.6 Å². The summed E-state index contributed by atoms with van der Waals surface area (Å²) in [4.78, 5) is 18.4. The molecular weight excluding hydrogens is 292 g/mol. The summed E-state index contributed by atoms with van der Waals surface area (Å²) in [5.74, 6) is 0.387. The van der Waals surface area contributed by atoms with E-state index in [0.29, 0.717) is 18.2 Å². The van der Waals surface area contributed by atoms with E-state index in [9.17, 15) is 9.90 Å². The maximum atomic E-state index is 12.3. The quantitative estimate of drug-likeness (QED) is 0.945. The second kappa shape index (κ2) is 5.63. The van der Waals surface area contributed by atoms with Gasteiger partial charge in [-0.3, -0.25) is 4.79 Å². The van der Waals surface area contributed by atoms with E-state index in [0.717, 1.165) is 23.4 Å². The highest BCUT2D eigenvalue weighted by molar-refractivity contribution is 7.14. The number of carbonyl (C=O) groups excluding carboxylic acids is 1. The molecule has 0 bridgehead atoms. The fourth-order valence-corrected chi connectivity index (χ4v) is 3.91. The summed E-state index contributed by atoms with van der Waals surface area (Å²) in [5.41, 5.74) is 1.59. The average molecular weight is 308 g/mol. The van der Waals surface area contributed by atoms with E-state index in [1.165, 1.54) is 11.3 Å². The van der Waals surface area contributed by atoms with Crippen molar-refractivity contribution in [1.82, 2.24) is 9.88 Å². The van der Waals surface area contributed by atoms with Crippen LogP contribution in [-0.2, 0) is 0 Å². The van der Waals surface area contributed by atoms with Gasteiger partial charge in [-0.1, -0.05) is 0 Å². The van der Waals surface area contributed by atoms with Crippen LogP contribution in [-0.4, -0.2) is 40.6 Å². The molecule has 3 rings (SSSR count). The van der Waals surface area contributed by atoms with Crippen LogP contribution < -0.4 is 0 Å². The van der Waals surface area contributed by atoms with Crippen LogP contribution in [0.3, 0.4) is 0 Å². The van der Waals surface area contributed by atoms with Gasteiger partial charge in [0, 0.05) is 29.9 Å². The Hall–Kier alpha value is -1.24. The van der Waals surface area contributed by atoms with Gasteiger partial charge in [-0.05, 0) is 30.2 Å². The second-order valence-corrected chi connectivity index (χ2v) is 6.86. The Balaban J connectivity index is 1.65. The summed E-state index contributed by atoms with van der Waals surface area (Å²) in [6.45, 7) is 0.696. The summed E-state index contributed by atoms with van der Waals surface area (Å²) in [5, 5.41) is 16.0. The number of amides is 1. The molecule has 0 radical (unpaired) electrons. The molecule has 20 heavy (non-hydrogen) atoms. The third kappa shape index (κ3) is 2.77. The van der Waals surface area contributed by atoms with Crippen LogP contribution in [0.15, 0.2) is 22.2 Å². The molecule has 1 fully saturated rings. The maximum Gasteiger partial charge on any atom is 0.273 e. The molecule has 2 heterocycles. The van der Waals surface area contributed by atoms with E-state index in [-0.39, 0.29) is 12.0 Å². The van der Waals surface area contributed by atoms with Gasteiger partial charge in [0.2, 0.25) is 0 Å². The van der Waals surface area contributed by atoms with Gasteiger partial charge in [-0.25, -0.2) is 4.98 Å². The van der Waals surface area contributed by atoms with Crippen molar-refractivity contribution in [2.24, 2.45) is 5.92 Å². The lowest BCUT2D eigenvalue weighted by Gasteiger charge is -2.34. The first-order valence-corrected chi connectivity index (χ1v) is 8.37. The predicted octanol–water partition coefficient (Wildman–Crippen LogP) is 2.71. The minimum Gasteiger partial charge on any atom is -0.393 e. The molecule has 2 aromatic heterocycles. The molecule has 4 nitrogen and oxygen atoms in total. The van der Waals surface area contributed by atoms with Crippen LogP contribution in [0, 0.1) is 5.92 Å². The summed E-state index contributed by atoms with van der Waals surface area (Å²) < 4.78 is 0. The highest BCUT2D eigenvalue weighted by Gasteiger charge is 2.29. The Morgan fingerprint density at radius 3 is 2.95 bits per heavy atom. The molecule has 1 aliphatic carbocycles. The molecule has 1 N–H and O–H groups in total. The van der Waals surface area contributed by atoms with Crippen LogP contribution in [0.5, 0.6) is 0 Å². The lowest BCUT2D eigenvalue weighted by atomic mass is 9.82. The summed E-state index contributed by atoms with van der Waals surface area (Å²) >= 11 is 3.13. The monoisotopic (exact) mass is 308 g/mol. The number of hydrogen-bond donors (Lipinski definition) is 1. The summed E-state index contributed by atoms with van der Waals surface area (Å²) in [7, 11) is 1.80. The van der Waals surface area contributed by atoms with E-state index in [4.69, 9.17) is 0 Å². The third-order valence-electron chi connectivity index (χ3n) is 3.58. The van der Waals surface area contributed by atoms with Crippen LogP contribution in [0.1, 0.15) is 23.3 Å². The van der Waals surface area contributed by atoms with Crippen molar-refractivity contribution in [2.75, 3.05) is 13.6 Å². The SMILES string of the molecule is CN(CC1CC(O)C1)C(=O)c1csc(-c2ccsc2)n1. The van der Waals surface area contributed by atoms with Crippen molar-refractivity contribution in [1.29, 1.82) is 0 Å². The molecule has 0 aliphatic heterocycles. The average Bonchev–Trinajstić information content (AvgIpc) is 3.06. The standard InChI is InChI=1S/C14H16N2O2S2/c1-16(6-9-4-11(17)5-9)14(18)12-8-20-13(15-12)10-2-3-19-7-10/h2-3,7-9,11,17H,4-6H2,1H3. The lowest BCUT2D eigenvalue weighted by molar-refractivity contribution is 0.0264. The fraction of sp³-hybridized carbons (Fsp3) is 0.429. The van der Waals surface area contributed by atoms with E-state index < -0.39 is 0 Å². The van der Waals surface area contributed by atoms with E-state index in [2.05, 4.69) is 4.98 Å². The normalized spacial score (nSPS) is 21.5. The largest absolute Gasteiger partial charge is 0.393 e. The van der Waals surface area contributed by atoms with E-state index in [1.54, 1.807) is 23.3 Å². The molecule has 1 aliphatic rings. The molecule has 0 unspecified atom stereocenters. The van der Waals surface area contributed by atoms with Gasteiger partial charge in [0.15, 0.2) is 0 Å². The Kier molecular flexibility index (Phi) is 3.87. The number of nitrogens with zero attached hydrogens (tertiary/aromatic N) is 2. The first kappa shape index (κ1) is 13.7. The topological polar surface area (TPSA) is 53.4 Å². The third-order valence-corrected chi connectivity index (χ3v) is 5.16. The number of hydrogen-bond acceptors (Lipinski definition) is 5. The molecular formula is C14H16N2O2S2. The molecule has 1 saturated carbocycles. The van der Waals surface area contributed by atoms with Crippen molar-refractivity contribution < 1.29 is 9.90 Å². The number of aliphatic hydroxyl groups excluding tert-OH is 1. The summed E-state index contributed by atoms with van der Waals surface area (Å²) in [6.07, 6.45) is 1.43. The number of thiazole rings is 1. The number of rotatable bonds is 4. The maximum absolute atomic E-state index is 12.3. The predicted molar refractivity (Wildman–Crippen MR) is 81.1 cm³/mol. The van der Waals surface area contributed by atoms with Gasteiger partial charge >= 0.3 is 0 Å². The number of aromatic nitrogens is 1. The van der Waals surface area contributed by atoms with Crippen LogP contribution in [0.25, 0.3) is 10.6 Å². The van der Waals surface area contributed by atoms with Gasteiger partial charge in [-0.2, -0.15) is 11.3 Å². The van der Waals surface area contributed by atoms with E-state index >= 15 is 0 Å². The molecule has 0 atom stereocenters. The molecule has 1 amide bonds. The zero-order chi connectivity index (χ0) is 14.1. The van der Waals surface area contributed by atoms with Gasteiger partial charge in [0.05, 0.1) is 6.10 Å². The van der Waals surface area contributed by atoms with Crippen molar-refractivity contribution in [3.63, 3.8) is 0 Å². The minimum atomic E-state index is -0.173. The van der Waals surface area contributed by atoms with Gasteiger partial charge in [-0.15, -0.1) is 11.3 Å². The van der Waals surface area contributed by atoms with Crippen molar-refractivity contribution in [3.8, 4) is 10.6 Å². The highest BCUT2D eigenvalue weighted by atomic mass is 32.1. The first-order chi connectivity index (χ1) is 9.63. The molecule has 106 valence electrons. The zero-order valence-corrected chi connectivity index (χ0v) is 12.8. The molecule has 6 heteroatoms. The van der Waals surface area contributed by atoms with Crippen molar-refractivity contribution in [2.45, 2.75) is 18.9 Å². The molecule has 0 saturated heterocycles. The Morgan fingerprint density at radius 2 is 2.30 bits per heavy atom. The van der Waals surface area contributed by atoms with Crippen molar-refractivity contribution in [3.05, 3.63) is 27.9 Å². The summed E-state index contributed by atoms with van der Waals surface area (Å²) in [6, 6.07) is 2.01. The highest BCUT2D eigenvalue weighted by Crippen LogP contribution is 2.29. The Labute approximate surface area is 125 Å². The molecule has 0 aromatic carbocycles. The van der Waals surface area contributed by atoms with Crippen LogP contribution in [0.4, 0.5) is 0 Å². The van der Waals surface area contributed by atoms with Gasteiger partial charge in [0.25, 0.3) is 5.91 Å². The van der Waals surface area contributed by atoms with Crippen LogP contribution in [0.2, 0.25) is 0 Å². The number of carbonyl (C=O) groups is 1. The zero-order valence-electron chi connectivity index (χ0n) is 11.2. The van der Waals surface area contributed by atoms with Gasteiger partial charge < -0.3 is 10.0 Å². The Bertz CT molecular complexity index is 588. The fourth-order valence-electron chi connectivity index (χ4n) is 2.41. The smallest absolute Gasteiger partial charge is 0.273 e. The van der Waals surface area contributed by atoms with E-state index in [1.807, 2.05) is 22.2 Å². The number of thiophene rings is 1. The minimum absolute atomic E-state index is 0.0379. The second-order valence-electron chi connectivity index (χ2n) is 5.23. The lowest BCUT2D eigenvalue weighted by Crippen LogP contribution is -2.39. The molecule has 2 aromatic rings.